The molecule has 0 spiro atoms. The number of hydrogen-bond acceptors (Lipinski definition) is 3. The quantitative estimate of drug-likeness (QED) is 0.646. The molecule has 1 N–H and O–H groups in total. The van der Waals surface area contributed by atoms with Crippen LogP contribution in [0.4, 0.5) is 0 Å². The van der Waals surface area contributed by atoms with Gasteiger partial charge in [-0.25, -0.2) is 0 Å². The van der Waals surface area contributed by atoms with E-state index in [1.165, 1.54) is 5.56 Å². The molecule has 0 saturated carbocycles. The molecule has 28 heavy (non-hydrogen) atoms. The van der Waals surface area contributed by atoms with E-state index in [4.69, 9.17) is 9.47 Å². The van der Waals surface area contributed by atoms with Crippen molar-refractivity contribution < 1.29 is 14.3 Å². The van der Waals surface area contributed by atoms with E-state index in [1.54, 1.807) is 20.3 Å². The van der Waals surface area contributed by atoms with Crippen LogP contribution >= 0.6 is 0 Å². The van der Waals surface area contributed by atoms with E-state index in [1.807, 2.05) is 37.3 Å². The van der Waals surface area contributed by atoms with E-state index in [0.29, 0.717) is 11.5 Å². The number of carbonyl (C=O) groups excluding carboxylic acids is 1. The summed E-state index contributed by atoms with van der Waals surface area (Å²) in [5.74, 6) is 1.30. The van der Waals surface area contributed by atoms with Crippen LogP contribution in [-0.2, 0) is 11.2 Å². The lowest BCUT2D eigenvalue weighted by atomic mass is 10.0. The maximum atomic E-state index is 12.5. The van der Waals surface area contributed by atoms with Gasteiger partial charge >= 0.3 is 0 Å². The van der Waals surface area contributed by atoms with Crippen LogP contribution in [0.2, 0.25) is 0 Å². The Labute approximate surface area is 166 Å². The van der Waals surface area contributed by atoms with Crippen LogP contribution in [0.1, 0.15) is 24.1 Å². The molecule has 1 atom stereocenters. The van der Waals surface area contributed by atoms with Crippen LogP contribution < -0.4 is 14.8 Å². The number of nitrogens with one attached hydrogen (secondary N) is 1. The summed E-state index contributed by atoms with van der Waals surface area (Å²) in [6.45, 7) is 1.99. The standard InChI is InChI=1S/C24H25NO3/c1-17(18-9-11-20(12-10-18)19-7-5-4-6-8-19)25-24(26)15-21-13-14-22(27-2)16-23(21)28-3/h4-14,16-17H,15H2,1-3H3,(H,25,26). The molecule has 144 valence electrons. The average Bonchev–Trinajstić information content (AvgIpc) is 2.74. The molecule has 0 aromatic heterocycles. The van der Waals surface area contributed by atoms with Crippen LogP contribution in [0.15, 0.2) is 72.8 Å². The molecule has 0 aliphatic carbocycles. The molecule has 0 fully saturated rings. The third-order valence-electron chi connectivity index (χ3n) is 4.74. The van der Waals surface area contributed by atoms with E-state index in [0.717, 1.165) is 16.7 Å². The highest BCUT2D eigenvalue weighted by molar-refractivity contribution is 5.80. The van der Waals surface area contributed by atoms with E-state index >= 15 is 0 Å². The Morgan fingerprint density at radius 2 is 1.57 bits per heavy atom. The van der Waals surface area contributed by atoms with Crippen molar-refractivity contribution in [1.29, 1.82) is 0 Å². The van der Waals surface area contributed by atoms with Gasteiger partial charge in [-0.3, -0.25) is 4.79 Å². The monoisotopic (exact) mass is 375 g/mol. The predicted octanol–water partition coefficient (Wildman–Crippen LogP) is 4.79. The van der Waals surface area contributed by atoms with Crippen molar-refractivity contribution in [2.75, 3.05) is 14.2 Å². The van der Waals surface area contributed by atoms with E-state index in [2.05, 4.69) is 41.7 Å². The number of carbonyl (C=O) groups is 1. The van der Waals surface area contributed by atoms with Crippen molar-refractivity contribution in [1.82, 2.24) is 5.32 Å². The Kier molecular flexibility index (Phi) is 6.33. The lowest BCUT2D eigenvalue weighted by molar-refractivity contribution is -0.121. The third kappa shape index (κ3) is 4.71. The second-order valence-corrected chi connectivity index (χ2v) is 6.63. The Morgan fingerprint density at radius 3 is 2.21 bits per heavy atom. The van der Waals surface area contributed by atoms with Crippen molar-refractivity contribution in [3.05, 3.63) is 83.9 Å². The summed E-state index contributed by atoms with van der Waals surface area (Å²) >= 11 is 0. The van der Waals surface area contributed by atoms with Crippen molar-refractivity contribution in [3.63, 3.8) is 0 Å². The molecule has 4 nitrogen and oxygen atoms in total. The molecule has 0 bridgehead atoms. The van der Waals surface area contributed by atoms with Gasteiger partial charge in [0.15, 0.2) is 0 Å². The summed E-state index contributed by atoms with van der Waals surface area (Å²) < 4.78 is 10.6. The molecule has 4 heteroatoms. The van der Waals surface area contributed by atoms with E-state index in [9.17, 15) is 4.79 Å². The summed E-state index contributed by atoms with van der Waals surface area (Å²) in [7, 11) is 3.19. The zero-order valence-corrected chi connectivity index (χ0v) is 16.4. The normalized spacial score (nSPS) is 11.5. The van der Waals surface area contributed by atoms with E-state index in [-0.39, 0.29) is 18.4 Å². The largest absolute Gasteiger partial charge is 0.497 e. The molecule has 3 rings (SSSR count). The third-order valence-corrected chi connectivity index (χ3v) is 4.74. The van der Waals surface area contributed by atoms with E-state index < -0.39 is 0 Å². The number of amides is 1. The topological polar surface area (TPSA) is 47.6 Å². The highest BCUT2D eigenvalue weighted by Crippen LogP contribution is 2.25. The van der Waals surface area contributed by atoms with Crippen molar-refractivity contribution in [2.24, 2.45) is 0 Å². The molecule has 3 aromatic carbocycles. The van der Waals surface area contributed by atoms with Crippen LogP contribution in [0, 0.1) is 0 Å². The first kappa shape index (κ1) is 19.5. The van der Waals surface area contributed by atoms with Gasteiger partial charge in [0.05, 0.1) is 26.7 Å². The summed E-state index contributed by atoms with van der Waals surface area (Å²) in [6.07, 6.45) is 0.250. The lowest BCUT2D eigenvalue weighted by Gasteiger charge is -2.16. The number of rotatable bonds is 7. The summed E-state index contributed by atoms with van der Waals surface area (Å²) in [6, 6.07) is 23.9. The first-order valence-corrected chi connectivity index (χ1v) is 9.26. The molecule has 0 radical (unpaired) electrons. The lowest BCUT2D eigenvalue weighted by Crippen LogP contribution is -2.28. The highest BCUT2D eigenvalue weighted by Gasteiger charge is 2.13. The van der Waals surface area contributed by atoms with Crippen LogP contribution in [-0.4, -0.2) is 20.1 Å². The Morgan fingerprint density at radius 1 is 0.893 bits per heavy atom. The SMILES string of the molecule is COc1ccc(CC(=O)NC(C)c2ccc(-c3ccccc3)cc2)c(OC)c1. The minimum absolute atomic E-state index is 0.0527. The first-order valence-electron chi connectivity index (χ1n) is 9.26. The molecule has 1 unspecified atom stereocenters. The van der Waals surface area contributed by atoms with Gasteiger partial charge in [0, 0.05) is 11.6 Å². The molecule has 0 aliphatic rings. The summed E-state index contributed by atoms with van der Waals surface area (Å²) in [5, 5.41) is 3.06. The number of methoxy groups -OCH3 is 2. The predicted molar refractivity (Wildman–Crippen MR) is 112 cm³/mol. The Balaban J connectivity index is 1.64. The van der Waals surface area contributed by atoms with Crippen molar-refractivity contribution in [3.8, 4) is 22.6 Å². The average molecular weight is 375 g/mol. The molecule has 0 saturated heterocycles. The van der Waals surface area contributed by atoms with Gasteiger partial charge in [-0.15, -0.1) is 0 Å². The van der Waals surface area contributed by atoms with Crippen LogP contribution in [0.25, 0.3) is 11.1 Å². The summed E-state index contributed by atoms with van der Waals surface area (Å²) in [5.41, 5.74) is 4.23. The molecule has 1 amide bonds. The van der Waals surface area contributed by atoms with Crippen molar-refractivity contribution >= 4 is 5.91 Å². The zero-order chi connectivity index (χ0) is 19.9. The van der Waals surface area contributed by atoms with Gasteiger partial charge in [0.2, 0.25) is 5.91 Å². The minimum atomic E-state index is -0.0819. The molecule has 0 aliphatic heterocycles. The van der Waals surface area contributed by atoms with Crippen LogP contribution in [0.3, 0.4) is 0 Å². The number of benzene rings is 3. The fraction of sp³-hybridized carbons (Fsp3) is 0.208. The Bertz CT molecular complexity index is 920. The Hall–Kier alpha value is -3.27. The number of ether oxygens (including phenoxy) is 2. The molecule has 3 aromatic rings. The van der Waals surface area contributed by atoms with Gasteiger partial charge in [0.25, 0.3) is 0 Å². The van der Waals surface area contributed by atoms with Gasteiger partial charge < -0.3 is 14.8 Å². The fourth-order valence-electron chi connectivity index (χ4n) is 3.14. The zero-order valence-electron chi connectivity index (χ0n) is 16.4. The minimum Gasteiger partial charge on any atom is -0.497 e. The molecular weight excluding hydrogens is 350 g/mol. The first-order chi connectivity index (χ1) is 13.6. The maximum Gasteiger partial charge on any atom is 0.225 e. The van der Waals surface area contributed by atoms with Gasteiger partial charge in [0.1, 0.15) is 11.5 Å². The van der Waals surface area contributed by atoms with Crippen molar-refractivity contribution in [2.45, 2.75) is 19.4 Å². The fourth-order valence-corrected chi connectivity index (χ4v) is 3.14. The highest BCUT2D eigenvalue weighted by atomic mass is 16.5. The van der Waals surface area contributed by atoms with Gasteiger partial charge in [-0.2, -0.15) is 0 Å². The summed E-state index contributed by atoms with van der Waals surface area (Å²) in [4.78, 5) is 12.5. The second-order valence-electron chi connectivity index (χ2n) is 6.63. The smallest absolute Gasteiger partial charge is 0.225 e. The molecule has 0 heterocycles. The van der Waals surface area contributed by atoms with Gasteiger partial charge in [-0.05, 0) is 29.7 Å². The van der Waals surface area contributed by atoms with Crippen LogP contribution in [0.5, 0.6) is 11.5 Å². The van der Waals surface area contributed by atoms with Gasteiger partial charge in [-0.1, -0.05) is 60.7 Å². The maximum absolute atomic E-state index is 12.5. The number of hydrogen-bond donors (Lipinski definition) is 1. The second kappa shape index (κ2) is 9.09. The molecular formula is C24H25NO3.